The van der Waals surface area contributed by atoms with Crippen LogP contribution >= 0.6 is 0 Å². The molecular weight excluding hydrogens is 274 g/mol. The molecule has 2 amide bonds. The summed E-state index contributed by atoms with van der Waals surface area (Å²) in [6.45, 7) is 5.65. The number of nitrogens with one attached hydrogen (secondary N) is 2. The van der Waals surface area contributed by atoms with E-state index in [1.165, 1.54) is 14.2 Å². The molecule has 1 aromatic heterocycles. The maximum atomic E-state index is 11.9. The Morgan fingerprint density at radius 3 is 2.57 bits per heavy atom. The van der Waals surface area contributed by atoms with Gasteiger partial charge in [-0.1, -0.05) is 0 Å². The third-order valence-corrected chi connectivity index (χ3v) is 2.98. The summed E-state index contributed by atoms with van der Waals surface area (Å²) in [5, 5.41) is 5.13. The summed E-state index contributed by atoms with van der Waals surface area (Å²) in [6.07, 6.45) is -0.650. The molecule has 21 heavy (non-hydrogen) atoms. The van der Waals surface area contributed by atoms with Crippen LogP contribution in [0.5, 0.6) is 5.88 Å². The van der Waals surface area contributed by atoms with E-state index in [2.05, 4.69) is 20.4 Å². The number of nitrogens with zero attached hydrogens (tertiary/aromatic N) is 1. The Morgan fingerprint density at radius 2 is 2.00 bits per heavy atom. The predicted molar refractivity (Wildman–Crippen MR) is 77.1 cm³/mol. The van der Waals surface area contributed by atoms with Crippen LogP contribution in [0.3, 0.4) is 0 Å². The van der Waals surface area contributed by atoms with E-state index in [1.807, 2.05) is 19.9 Å². The number of aryl methyl sites for hydroxylation is 2. The van der Waals surface area contributed by atoms with Gasteiger partial charge >= 0.3 is 6.09 Å². The van der Waals surface area contributed by atoms with Crippen molar-refractivity contribution in [1.29, 1.82) is 0 Å². The second-order valence-electron chi connectivity index (χ2n) is 4.64. The van der Waals surface area contributed by atoms with Gasteiger partial charge in [-0.3, -0.25) is 4.79 Å². The molecule has 7 nitrogen and oxygen atoms in total. The van der Waals surface area contributed by atoms with Gasteiger partial charge in [0.05, 0.1) is 14.2 Å². The van der Waals surface area contributed by atoms with Crippen molar-refractivity contribution >= 4 is 12.0 Å². The van der Waals surface area contributed by atoms with Crippen molar-refractivity contribution < 1.29 is 19.1 Å². The van der Waals surface area contributed by atoms with Crippen molar-refractivity contribution in [2.24, 2.45) is 0 Å². The number of pyridine rings is 1. The minimum absolute atomic E-state index is 0.272. The van der Waals surface area contributed by atoms with Gasteiger partial charge < -0.3 is 20.1 Å². The first-order valence-electron chi connectivity index (χ1n) is 6.52. The van der Waals surface area contributed by atoms with Crippen molar-refractivity contribution in [3.63, 3.8) is 0 Å². The number of rotatable bonds is 5. The van der Waals surface area contributed by atoms with Gasteiger partial charge in [-0.25, -0.2) is 9.78 Å². The highest BCUT2D eigenvalue weighted by molar-refractivity contribution is 5.85. The number of carbonyl (C=O) groups is 2. The fourth-order valence-electron chi connectivity index (χ4n) is 1.84. The molecular formula is C14H21N3O4. The van der Waals surface area contributed by atoms with Crippen LogP contribution in [0.4, 0.5) is 4.79 Å². The highest BCUT2D eigenvalue weighted by atomic mass is 16.5. The van der Waals surface area contributed by atoms with Crippen molar-refractivity contribution in [3.05, 3.63) is 22.9 Å². The number of hydrogen-bond donors (Lipinski definition) is 2. The molecule has 0 fully saturated rings. The Hall–Kier alpha value is -2.31. The number of amides is 2. The first kappa shape index (κ1) is 16.7. The summed E-state index contributed by atoms with van der Waals surface area (Å²) in [5.41, 5.74) is 2.63. The van der Waals surface area contributed by atoms with Crippen molar-refractivity contribution in [2.75, 3.05) is 14.2 Å². The second kappa shape index (κ2) is 7.47. The van der Waals surface area contributed by atoms with Gasteiger partial charge in [0, 0.05) is 17.8 Å². The second-order valence-corrected chi connectivity index (χ2v) is 4.64. The lowest BCUT2D eigenvalue weighted by atomic mass is 10.1. The Balaban J connectivity index is 2.71. The molecule has 0 saturated heterocycles. The number of hydrogen-bond acceptors (Lipinski definition) is 5. The fourth-order valence-corrected chi connectivity index (χ4v) is 1.84. The van der Waals surface area contributed by atoms with Crippen LogP contribution in [0.1, 0.15) is 23.7 Å². The lowest BCUT2D eigenvalue weighted by Gasteiger charge is -2.15. The molecule has 0 bridgehead atoms. The Labute approximate surface area is 124 Å². The predicted octanol–water partition coefficient (Wildman–Crippen LogP) is 1.07. The van der Waals surface area contributed by atoms with E-state index in [0.29, 0.717) is 5.88 Å². The molecule has 0 aliphatic heterocycles. The van der Waals surface area contributed by atoms with Gasteiger partial charge in [0.2, 0.25) is 11.8 Å². The third-order valence-electron chi connectivity index (χ3n) is 2.98. The number of alkyl carbamates (subject to hydrolysis) is 1. The van der Waals surface area contributed by atoms with Crippen LogP contribution in [0.25, 0.3) is 0 Å². The molecule has 116 valence electrons. The monoisotopic (exact) mass is 295 g/mol. The standard InChI is InChI=1S/C14H21N3O4/c1-8-6-9(2)16-13(20-4)11(8)7-15-12(18)10(3)17-14(19)21-5/h6,10H,7H2,1-5H3,(H,15,18)(H,17,19)/t10-/m1/s1. The number of ether oxygens (including phenoxy) is 2. The van der Waals surface area contributed by atoms with Crippen LogP contribution in [-0.2, 0) is 16.1 Å². The van der Waals surface area contributed by atoms with E-state index in [1.54, 1.807) is 6.92 Å². The van der Waals surface area contributed by atoms with Crippen LogP contribution in [0.15, 0.2) is 6.07 Å². The summed E-state index contributed by atoms with van der Waals surface area (Å²) >= 11 is 0. The minimum atomic E-state index is -0.692. The van der Waals surface area contributed by atoms with E-state index >= 15 is 0 Å². The van der Waals surface area contributed by atoms with Crippen LogP contribution in [0, 0.1) is 13.8 Å². The SMILES string of the molecule is COC(=O)N[C@H](C)C(=O)NCc1c(C)cc(C)nc1OC. The van der Waals surface area contributed by atoms with E-state index < -0.39 is 12.1 Å². The lowest BCUT2D eigenvalue weighted by molar-refractivity contribution is -0.122. The zero-order valence-corrected chi connectivity index (χ0v) is 12.9. The molecule has 0 spiro atoms. The average molecular weight is 295 g/mol. The van der Waals surface area contributed by atoms with Gasteiger partial charge in [0.25, 0.3) is 0 Å². The third kappa shape index (κ3) is 4.62. The van der Waals surface area contributed by atoms with E-state index in [4.69, 9.17) is 4.74 Å². The van der Waals surface area contributed by atoms with E-state index in [9.17, 15) is 9.59 Å². The Kier molecular flexibility index (Phi) is 5.95. The molecule has 0 unspecified atom stereocenters. The average Bonchev–Trinajstić information content (AvgIpc) is 2.44. The molecule has 1 heterocycles. The highest BCUT2D eigenvalue weighted by Crippen LogP contribution is 2.20. The fraction of sp³-hybridized carbons (Fsp3) is 0.500. The maximum Gasteiger partial charge on any atom is 0.407 e. The molecule has 0 saturated carbocycles. The molecule has 0 aliphatic carbocycles. The first-order chi connectivity index (χ1) is 9.88. The summed E-state index contributed by atoms with van der Waals surface area (Å²) in [7, 11) is 2.78. The van der Waals surface area contributed by atoms with Crippen molar-refractivity contribution in [1.82, 2.24) is 15.6 Å². The zero-order valence-electron chi connectivity index (χ0n) is 12.9. The van der Waals surface area contributed by atoms with Gasteiger partial charge in [0.15, 0.2) is 0 Å². The van der Waals surface area contributed by atoms with Gasteiger partial charge in [0.1, 0.15) is 6.04 Å². The minimum Gasteiger partial charge on any atom is -0.481 e. The topological polar surface area (TPSA) is 89.5 Å². The quantitative estimate of drug-likeness (QED) is 0.848. The largest absolute Gasteiger partial charge is 0.481 e. The molecule has 1 rings (SSSR count). The Bertz CT molecular complexity index is 531. The molecule has 2 N–H and O–H groups in total. The van der Waals surface area contributed by atoms with Crippen LogP contribution < -0.4 is 15.4 Å². The first-order valence-corrected chi connectivity index (χ1v) is 6.52. The normalized spacial score (nSPS) is 11.5. The maximum absolute atomic E-state index is 11.9. The molecule has 1 atom stereocenters. The molecule has 0 aromatic carbocycles. The van der Waals surface area contributed by atoms with Gasteiger partial charge in [-0.15, -0.1) is 0 Å². The van der Waals surface area contributed by atoms with E-state index in [-0.39, 0.29) is 12.5 Å². The summed E-state index contributed by atoms with van der Waals surface area (Å²) in [6, 6.07) is 1.22. The van der Waals surface area contributed by atoms with Crippen LogP contribution in [-0.4, -0.2) is 37.2 Å². The summed E-state index contributed by atoms with van der Waals surface area (Å²) in [4.78, 5) is 27.2. The van der Waals surface area contributed by atoms with Crippen LogP contribution in [0.2, 0.25) is 0 Å². The summed E-state index contributed by atoms with van der Waals surface area (Å²) < 4.78 is 9.67. The molecule has 1 aromatic rings. The Morgan fingerprint density at radius 1 is 1.33 bits per heavy atom. The number of methoxy groups -OCH3 is 2. The van der Waals surface area contributed by atoms with E-state index in [0.717, 1.165) is 16.8 Å². The smallest absolute Gasteiger partial charge is 0.407 e. The lowest BCUT2D eigenvalue weighted by Crippen LogP contribution is -2.44. The van der Waals surface area contributed by atoms with Gasteiger partial charge in [-0.05, 0) is 32.4 Å². The summed E-state index contributed by atoms with van der Waals surface area (Å²) in [5.74, 6) is 0.170. The van der Waals surface area contributed by atoms with Crippen molar-refractivity contribution in [2.45, 2.75) is 33.4 Å². The highest BCUT2D eigenvalue weighted by Gasteiger charge is 2.17. The van der Waals surface area contributed by atoms with Gasteiger partial charge in [-0.2, -0.15) is 0 Å². The zero-order chi connectivity index (χ0) is 16.0. The molecule has 0 aliphatic rings. The number of aromatic nitrogens is 1. The number of carbonyl (C=O) groups excluding carboxylic acids is 2. The molecule has 0 radical (unpaired) electrons. The molecule has 7 heteroatoms. The van der Waals surface area contributed by atoms with Crippen molar-refractivity contribution in [3.8, 4) is 5.88 Å².